The van der Waals surface area contributed by atoms with Crippen molar-refractivity contribution in [3.8, 4) is 0 Å². The van der Waals surface area contributed by atoms with Crippen molar-refractivity contribution in [1.29, 1.82) is 0 Å². The maximum absolute atomic E-state index is 13.1. The zero-order chi connectivity index (χ0) is 20.3. The van der Waals surface area contributed by atoms with Crippen LogP contribution in [-0.2, 0) is 19.1 Å². The molecule has 5 atom stereocenters. The van der Waals surface area contributed by atoms with Gasteiger partial charge < -0.3 is 14.7 Å². The Morgan fingerprint density at radius 3 is 2.86 bits per heavy atom. The third-order valence-electron chi connectivity index (χ3n) is 6.54. The van der Waals surface area contributed by atoms with Crippen molar-refractivity contribution >= 4 is 17.7 Å². The molecule has 0 aromatic carbocycles. The molecule has 2 fully saturated rings. The van der Waals surface area contributed by atoms with Gasteiger partial charge in [-0.3, -0.25) is 14.4 Å². The Morgan fingerprint density at radius 1 is 1.32 bits per heavy atom. The minimum Gasteiger partial charge on any atom is -0.466 e. The molecular formula is C22H33NO5. The second-order valence-electron chi connectivity index (χ2n) is 8.69. The standard InChI is InChI=1S/C22H33NO5/c1-3-28-21(27)22-12-16(22)10-8-6-4-5-7-9-15(2)20(26)23-14-17(24)11-18(23)19(25)13-22/h8,10,15-18,24H,3-7,9,11-14H2,1-2H3/b10-8-/t15-,16+,17+,18-,22?/m0/s1. The summed E-state index contributed by atoms with van der Waals surface area (Å²) in [4.78, 5) is 40.3. The highest BCUT2D eigenvalue weighted by atomic mass is 16.5. The predicted octanol–water partition coefficient (Wildman–Crippen LogP) is 2.63. The second-order valence-corrected chi connectivity index (χ2v) is 8.69. The molecular weight excluding hydrogens is 358 g/mol. The van der Waals surface area contributed by atoms with Gasteiger partial charge in [-0.2, -0.15) is 0 Å². The van der Waals surface area contributed by atoms with Gasteiger partial charge in [-0.15, -0.1) is 0 Å². The van der Waals surface area contributed by atoms with Crippen LogP contribution in [0.25, 0.3) is 0 Å². The number of allylic oxidation sites excluding steroid dienone is 2. The molecule has 2 heterocycles. The molecule has 1 unspecified atom stereocenters. The van der Waals surface area contributed by atoms with Gasteiger partial charge in [0.2, 0.25) is 5.91 Å². The van der Waals surface area contributed by atoms with E-state index in [0.29, 0.717) is 6.42 Å². The molecule has 3 aliphatic rings. The van der Waals surface area contributed by atoms with Crippen molar-refractivity contribution in [2.24, 2.45) is 17.3 Å². The number of ketones is 1. The number of ether oxygens (including phenoxy) is 1. The third-order valence-corrected chi connectivity index (χ3v) is 6.54. The topological polar surface area (TPSA) is 83.9 Å². The van der Waals surface area contributed by atoms with Crippen molar-refractivity contribution < 1.29 is 24.2 Å². The fourth-order valence-corrected chi connectivity index (χ4v) is 4.72. The zero-order valence-corrected chi connectivity index (χ0v) is 17.1. The first kappa shape index (κ1) is 21.0. The highest BCUT2D eigenvalue weighted by molar-refractivity contribution is 5.95. The van der Waals surface area contributed by atoms with E-state index in [4.69, 9.17) is 4.74 Å². The van der Waals surface area contributed by atoms with E-state index in [-0.39, 0.29) is 55.5 Å². The number of aliphatic hydroxyl groups excluding tert-OH is 1. The largest absolute Gasteiger partial charge is 0.466 e. The molecule has 6 heteroatoms. The number of rotatable bonds is 2. The summed E-state index contributed by atoms with van der Waals surface area (Å²) in [5, 5.41) is 10.1. The molecule has 2 aliphatic heterocycles. The van der Waals surface area contributed by atoms with E-state index in [1.807, 2.05) is 6.92 Å². The van der Waals surface area contributed by atoms with E-state index in [2.05, 4.69) is 12.2 Å². The molecule has 156 valence electrons. The van der Waals surface area contributed by atoms with Crippen LogP contribution in [0, 0.1) is 17.3 Å². The Hall–Kier alpha value is -1.69. The molecule has 1 amide bonds. The quantitative estimate of drug-likeness (QED) is 0.578. The summed E-state index contributed by atoms with van der Waals surface area (Å²) in [6.45, 7) is 4.17. The summed E-state index contributed by atoms with van der Waals surface area (Å²) in [7, 11) is 0. The normalized spacial score (nSPS) is 38.0. The Morgan fingerprint density at radius 2 is 2.11 bits per heavy atom. The molecule has 0 bridgehead atoms. The Kier molecular flexibility index (Phi) is 6.58. The lowest BCUT2D eigenvalue weighted by Gasteiger charge is -2.27. The SMILES string of the molecule is CCOC(=O)C12CC(=O)[C@@H]3C[C@@H](O)CN3C(=O)[C@@H](C)CCCCC/C=C\[C@@H]1C2. The Balaban J connectivity index is 1.84. The summed E-state index contributed by atoms with van der Waals surface area (Å²) >= 11 is 0. The summed E-state index contributed by atoms with van der Waals surface area (Å²) < 4.78 is 5.28. The minimum absolute atomic E-state index is 0.0232. The van der Waals surface area contributed by atoms with Gasteiger partial charge in [-0.25, -0.2) is 0 Å². The molecule has 1 aliphatic carbocycles. The lowest BCUT2D eigenvalue weighted by Crippen LogP contribution is -2.44. The Bertz CT molecular complexity index is 645. The third kappa shape index (κ3) is 4.32. The van der Waals surface area contributed by atoms with Crippen LogP contribution in [0.4, 0.5) is 0 Å². The highest BCUT2D eigenvalue weighted by Gasteiger charge is 2.61. The summed E-state index contributed by atoms with van der Waals surface area (Å²) in [5.74, 6) is -0.632. The monoisotopic (exact) mass is 391 g/mol. The van der Waals surface area contributed by atoms with Crippen LogP contribution in [0.3, 0.4) is 0 Å². The van der Waals surface area contributed by atoms with E-state index < -0.39 is 17.6 Å². The van der Waals surface area contributed by atoms with Crippen LogP contribution in [-0.4, -0.2) is 53.0 Å². The summed E-state index contributed by atoms with van der Waals surface area (Å²) in [5.41, 5.74) is -0.794. The average molecular weight is 392 g/mol. The molecule has 0 spiro atoms. The maximum Gasteiger partial charge on any atom is 0.313 e. The van der Waals surface area contributed by atoms with Crippen molar-refractivity contribution in [2.45, 2.75) is 77.4 Å². The molecule has 28 heavy (non-hydrogen) atoms. The zero-order valence-electron chi connectivity index (χ0n) is 17.1. The van der Waals surface area contributed by atoms with Gasteiger partial charge >= 0.3 is 5.97 Å². The smallest absolute Gasteiger partial charge is 0.313 e. The van der Waals surface area contributed by atoms with Crippen molar-refractivity contribution in [1.82, 2.24) is 4.90 Å². The predicted molar refractivity (Wildman–Crippen MR) is 104 cm³/mol. The van der Waals surface area contributed by atoms with Gasteiger partial charge in [0.1, 0.15) is 0 Å². The van der Waals surface area contributed by atoms with E-state index in [1.54, 1.807) is 11.8 Å². The molecule has 3 rings (SSSR count). The molecule has 1 saturated carbocycles. The first-order chi connectivity index (χ1) is 13.4. The van der Waals surface area contributed by atoms with Gasteiger partial charge in [0.05, 0.1) is 24.2 Å². The van der Waals surface area contributed by atoms with Gasteiger partial charge in [0, 0.05) is 25.3 Å². The lowest BCUT2D eigenvalue weighted by atomic mass is 9.91. The highest BCUT2D eigenvalue weighted by Crippen LogP contribution is 2.57. The van der Waals surface area contributed by atoms with Crippen molar-refractivity contribution in [3.63, 3.8) is 0 Å². The van der Waals surface area contributed by atoms with Crippen LogP contribution in [0.15, 0.2) is 12.2 Å². The van der Waals surface area contributed by atoms with Crippen molar-refractivity contribution in [2.75, 3.05) is 13.2 Å². The lowest BCUT2D eigenvalue weighted by molar-refractivity contribution is -0.152. The number of amides is 1. The maximum atomic E-state index is 13.1. The Labute approximate surface area is 167 Å². The number of hydrogen-bond donors (Lipinski definition) is 1. The molecule has 0 aromatic rings. The first-order valence-electron chi connectivity index (χ1n) is 10.7. The fraction of sp³-hybridized carbons (Fsp3) is 0.773. The van der Waals surface area contributed by atoms with Crippen molar-refractivity contribution in [3.05, 3.63) is 12.2 Å². The molecule has 1 N–H and O–H groups in total. The number of fused-ring (bicyclic) bond motifs is 2. The molecule has 0 radical (unpaired) electrons. The van der Waals surface area contributed by atoms with Crippen LogP contribution >= 0.6 is 0 Å². The number of Topliss-reactive ketones (excluding diaryl/α,β-unsaturated/α-hetero) is 1. The van der Waals surface area contributed by atoms with Gasteiger partial charge in [0.15, 0.2) is 5.78 Å². The van der Waals surface area contributed by atoms with E-state index in [9.17, 15) is 19.5 Å². The second kappa shape index (κ2) is 8.76. The van der Waals surface area contributed by atoms with E-state index >= 15 is 0 Å². The summed E-state index contributed by atoms with van der Waals surface area (Å²) in [6.07, 6.45) is 9.30. The minimum atomic E-state index is -0.794. The number of aliphatic hydroxyl groups is 1. The molecule has 1 saturated heterocycles. The number of carbonyl (C=O) groups excluding carboxylic acids is 3. The number of hydrogen-bond acceptors (Lipinski definition) is 5. The first-order valence-corrected chi connectivity index (χ1v) is 10.7. The van der Waals surface area contributed by atoms with Gasteiger partial charge in [-0.05, 0) is 38.5 Å². The summed E-state index contributed by atoms with van der Waals surface area (Å²) in [6, 6.07) is -0.633. The van der Waals surface area contributed by atoms with Gasteiger partial charge in [0.25, 0.3) is 0 Å². The van der Waals surface area contributed by atoms with E-state index in [0.717, 1.165) is 32.1 Å². The number of nitrogens with zero attached hydrogens (tertiary/aromatic N) is 1. The van der Waals surface area contributed by atoms with Crippen LogP contribution in [0.1, 0.15) is 65.2 Å². The van der Waals surface area contributed by atoms with Crippen LogP contribution in [0.2, 0.25) is 0 Å². The number of esters is 1. The average Bonchev–Trinajstić information content (AvgIpc) is 3.21. The van der Waals surface area contributed by atoms with Gasteiger partial charge in [-0.1, -0.05) is 31.9 Å². The molecule has 6 nitrogen and oxygen atoms in total. The fourth-order valence-electron chi connectivity index (χ4n) is 4.72. The van der Waals surface area contributed by atoms with E-state index in [1.165, 1.54) is 0 Å². The molecule has 0 aromatic heterocycles. The number of carbonyl (C=O) groups is 3. The van der Waals surface area contributed by atoms with Crippen LogP contribution in [0.5, 0.6) is 0 Å². The van der Waals surface area contributed by atoms with Crippen LogP contribution < -0.4 is 0 Å².